The van der Waals surface area contributed by atoms with Gasteiger partial charge in [-0.1, -0.05) is 18.2 Å². The van der Waals surface area contributed by atoms with Gasteiger partial charge >= 0.3 is 0 Å². The van der Waals surface area contributed by atoms with Gasteiger partial charge in [0.25, 0.3) is 0 Å². The molecule has 0 radical (unpaired) electrons. The maximum atomic E-state index is 13.0. The molecule has 0 aliphatic carbocycles. The van der Waals surface area contributed by atoms with E-state index in [0.717, 1.165) is 11.1 Å². The molecule has 0 unspecified atom stereocenters. The summed E-state index contributed by atoms with van der Waals surface area (Å²) in [6, 6.07) is 14.1. The third kappa shape index (κ3) is 3.12. The molecule has 136 valence electrons. The molecule has 7 nitrogen and oxygen atoms in total. The third-order valence-electron chi connectivity index (χ3n) is 4.42. The first kappa shape index (κ1) is 17.4. The molecule has 0 atom stereocenters. The molecular weight excluding hydrogens is 364 g/mol. The topological polar surface area (TPSA) is 96.2 Å². The van der Waals surface area contributed by atoms with Gasteiger partial charge in [-0.25, -0.2) is 13.4 Å². The van der Waals surface area contributed by atoms with Crippen LogP contribution in [0, 0.1) is 18.3 Å². The summed E-state index contributed by atoms with van der Waals surface area (Å²) < 4.78 is 33.1. The molecule has 1 saturated heterocycles. The first-order valence-electron chi connectivity index (χ1n) is 8.37. The van der Waals surface area contributed by atoms with Crippen molar-refractivity contribution < 1.29 is 13.2 Å². The Hall–Kier alpha value is -3.02. The molecule has 0 spiro atoms. The molecule has 1 aromatic carbocycles. The molecule has 27 heavy (non-hydrogen) atoms. The molecule has 3 aromatic rings. The molecule has 8 heteroatoms. The number of ether oxygens (including phenoxy) is 1. The minimum atomic E-state index is -3.68. The van der Waals surface area contributed by atoms with Crippen molar-refractivity contribution in [3.05, 3.63) is 59.9 Å². The maximum absolute atomic E-state index is 13.0. The lowest BCUT2D eigenvalue weighted by atomic mass is 10.2. The molecule has 0 N–H and O–H groups in total. The fourth-order valence-corrected chi connectivity index (χ4v) is 4.63. The molecular formula is C19H16N4O3S. The summed E-state index contributed by atoms with van der Waals surface area (Å²) in [7, 11) is -3.68. The zero-order valence-corrected chi connectivity index (χ0v) is 15.3. The van der Waals surface area contributed by atoms with Gasteiger partial charge in [-0.2, -0.15) is 9.57 Å². The summed E-state index contributed by atoms with van der Waals surface area (Å²) in [5.74, 6) is 0.226. The highest BCUT2D eigenvalue weighted by Crippen LogP contribution is 2.29. The first-order valence-corrected chi connectivity index (χ1v) is 9.81. The minimum Gasteiger partial charge on any atom is -0.471 e. The number of pyridine rings is 2. The van der Waals surface area contributed by atoms with Crippen molar-refractivity contribution in [2.24, 2.45) is 0 Å². The van der Waals surface area contributed by atoms with Crippen LogP contribution in [0.3, 0.4) is 0 Å². The Balaban J connectivity index is 1.56. The summed E-state index contributed by atoms with van der Waals surface area (Å²) in [6.45, 7) is 2.23. The number of nitriles is 1. The van der Waals surface area contributed by atoms with Crippen LogP contribution in [0.4, 0.5) is 0 Å². The third-order valence-corrected chi connectivity index (χ3v) is 6.29. The van der Waals surface area contributed by atoms with Crippen LogP contribution >= 0.6 is 0 Å². The van der Waals surface area contributed by atoms with E-state index in [2.05, 4.69) is 9.97 Å². The Morgan fingerprint density at radius 3 is 2.78 bits per heavy atom. The highest BCUT2D eigenvalue weighted by molar-refractivity contribution is 7.89. The Morgan fingerprint density at radius 1 is 1.19 bits per heavy atom. The van der Waals surface area contributed by atoms with Crippen LogP contribution in [-0.4, -0.2) is 41.9 Å². The van der Waals surface area contributed by atoms with Crippen LogP contribution in [0.1, 0.15) is 11.3 Å². The molecule has 2 aromatic heterocycles. The number of benzene rings is 1. The Labute approximate surface area is 156 Å². The van der Waals surface area contributed by atoms with E-state index >= 15 is 0 Å². The monoisotopic (exact) mass is 380 g/mol. The summed E-state index contributed by atoms with van der Waals surface area (Å²) in [5, 5.41) is 9.87. The smallest absolute Gasteiger partial charge is 0.245 e. The number of aryl methyl sites for hydroxylation is 1. The molecule has 3 heterocycles. The van der Waals surface area contributed by atoms with Gasteiger partial charge in [0, 0.05) is 17.3 Å². The van der Waals surface area contributed by atoms with Gasteiger partial charge in [0.15, 0.2) is 0 Å². The van der Waals surface area contributed by atoms with E-state index in [1.165, 1.54) is 10.5 Å². The number of hydrogen-bond donors (Lipinski definition) is 0. The maximum Gasteiger partial charge on any atom is 0.245 e. The van der Waals surface area contributed by atoms with Crippen LogP contribution in [0.15, 0.2) is 53.6 Å². The Morgan fingerprint density at radius 2 is 2.00 bits per heavy atom. The molecule has 0 saturated carbocycles. The number of para-hydroxylation sites is 1. The number of aromatic nitrogens is 2. The molecule has 1 aliphatic heterocycles. The molecule has 0 bridgehead atoms. The number of fused-ring (bicyclic) bond motifs is 1. The van der Waals surface area contributed by atoms with Gasteiger partial charge in [-0.15, -0.1) is 0 Å². The average molecular weight is 380 g/mol. The van der Waals surface area contributed by atoms with E-state index in [1.807, 2.05) is 31.2 Å². The fourth-order valence-electron chi connectivity index (χ4n) is 2.96. The number of nitrogens with zero attached hydrogens (tertiary/aromatic N) is 4. The number of sulfonamides is 1. The Bertz CT molecular complexity index is 1170. The van der Waals surface area contributed by atoms with Gasteiger partial charge in [-0.3, -0.25) is 4.98 Å². The average Bonchev–Trinajstić information content (AvgIpc) is 2.63. The minimum absolute atomic E-state index is 0.192. The first-order chi connectivity index (χ1) is 13.0. The fraction of sp³-hybridized carbons (Fsp3) is 0.211. The highest BCUT2D eigenvalue weighted by atomic mass is 32.2. The lowest BCUT2D eigenvalue weighted by Gasteiger charge is -2.37. The van der Waals surface area contributed by atoms with E-state index < -0.39 is 10.0 Å². The number of rotatable bonds is 4. The van der Waals surface area contributed by atoms with Gasteiger partial charge < -0.3 is 4.74 Å². The molecule has 4 rings (SSSR count). The van der Waals surface area contributed by atoms with Crippen molar-refractivity contribution in [1.29, 1.82) is 5.26 Å². The van der Waals surface area contributed by atoms with Crippen molar-refractivity contribution in [1.82, 2.24) is 14.3 Å². The predicted octanol–water partition coefficient (Wildman–Crippen LogP) is 2.26. The van der Waals surface area contributed by atoms with Crippen LogP contribution in [0.5, 0.6) is 5.88 Å². The molecule has 1 fully saturated rings. The zero-order chi connectivity index (χ0) is 19.0. The standard InChI is InChI=1S/C19H16N4O3S/c1-13-7-8-14-4-2-6-17(18(14)22-13)27(24,25)23-11-16(12-23)26-19-15(10-20)5-3-9-21-19/h2-9,16H,11-12H2,1H3. The van der Waals surface area contributed by atoms with Crippen molar-refractivity contribution in [3.63, 3.8) is 0 Å². The van der Waals surface area contributed by atoms with Crippen LogP contribution in [-0.2, 0) is 10.0 Å². The van der Waals surface area contributed by atoms with Crippen LogP contribution in [0.25, 0.3) is 10.9 Å². The van der Waals surface area contributed by atoms with Gasteiger partial charge in [0.1, 0.15) is 22.6 Å². The number of hydrogen-bond acceptors (Lipinski definition) is 6. The largest absolute Gasteiger partial charge is 0.471 e. The summed E-state index contributed by atoms with van der Waals surface area (Å²) in [5.41, 5.74) is 1.56. The zero-order valence-electron chi connectivity index (χ0n) is 14.5. The van der Waals surface area contributed by atoms with E-state index in [4.69, 9.17) is 10.00 Å². The molecule has 1 aliphatic rings. The second kappa shape index (κ2) is 6.61. The van der Waals surface area contributed by atoms with Gasteiger partial charge in [-0.05, 0) is 31.2 Å². The second-order valence-corrected chi connectivity index (χ2v) is 8.22. The lowest BCUT2D eigenvalue weighted by molar-refractivity contribution is 0.0718. The lowest BCUT2D eigenvalue weighted by Crippen LogP contribution is -2.56. The van der Waals surface area contributed by atoms with Gasteiger partial charge in [0.05, 0.1) is 18.6 Å². The second-order valence-electron chi connectivity index (χ2n) is 6.31. The SMILES string of the molecule is Cc1ccc2cccc(S(=O)(=O)N3CC(Oc4ncccc4C#N)C3)c2n1. The summed E-state index contributed by atoms with van der Waals surface area (Å²) in [6.07, 6.45) is 1.19. The summed E-state index contributed by atoms with van der Waals surface area (Å²) >= 11 is 0. The highest BCUT2D eigenvalue weighted by Gasteiger charge is 2.39. The van der Waals surface area contributed by atoms with Crippen molar-refractivity contribution >= 4 is 20.9 Å². The van der Waals surface area contributed by atoms with Gasteiger partial charge in [0.2, 0.25) is 15.9 Å². The Kier molecular flexibility index (Phi) is 4.26. The van der Waals surface area contributed by atoms with Crippen molar-refractivity contribution in [2.45, 2.75) is 17.9 Å². The van der Waals surface area contributed by atoms with E-state index in [-0.39, 0.29) is 30.0 Å². The summed E-state index contributed by atoms with van der Waals surface area (Å²) in [4.78, 5) is 8.65. The van der Waals surface area contributed by atoms with E-state index in [0.29, 0.717) is 11.1 Å². The predicted molar refractivity (Wildman–Crippen MR) is 98.6 cm³/mol. The van der Waals surface area contributed by atoms with Crippen molar-refractivity contribution in [3.8, 4) is 11.9 Å². The van der Waals surface area contributed by atoms with E-state index in [9.17, 15) is 8.42 Å². The normalized spacial score (nSPS) is 15.3. The quantitative estimate of drug-likeness (QED) is 0.689. The van der Waals surface area contributed by atoms with E-state index in [1.54, 1.807) is 24.3 Å². The van der Waals surface area contributed by atoms with Crippen LogP contribution in [0.2, 0.25) is 0 Å². The van der Waals surface area contributed by atoms with Crippen molar-refractivity contribution in [2.75, 3.05) is 13.1 Å². The van der Waals surface area contributed by atoms with Crippen LogP contribution < -0.4 is 4.74 Å². The molecule has 0 amide bonds.